The Morgan fingerprint density at radius 3 is 2.59 bits per heavy atom. The third-order valence-corrected chi connectivity index (χ3v) is 5.10. The maximum absolute atomic E-state index is 13.0. The van der Waals surface area contributed by atoms with Gasteiger partial charge in [0.2, 0.25) is 0 Å². The molecule has 1 aromatic heterocycles. The maximum Gasteiger partial charge on any atom is 0.272 e. The van der Waals surface area contributed by atoms with Crippen LogP contribution in [0.5, 0.6) is 0 Å². The van der Waals surface area contributed by atoms with Crippen LogP contribution in [0.2, 0.25) is 0 Å². The molecule has 2 heterocycles. The number of nitrogens with zero attached hydrogens (tertiary/aromatic N) is 2. The van der Waals surface area contributed by atoms with Gasteiger partial charge in [-0.15, -0.1) is 0 Å². The summed E-state index contributed by atoms with van der Waals surface area (Å²) < 4.78 is 13.0. The fourth-order valence-electron chi connectivity index (χ4n) is 3.40. The van der Waals surface area contributed by atoms with Gasteiger partial charge in [0.05, 0.1) is 6.54 Å². The largest absolute Gasteiger partial charge is 0.347 e. The van der Waals surface area contributed by atoms with Crippen LogP contribution in [0.25, 0.3) is 0 Å². The summed E-state index contributed by atoms with van der Waals surface area (Å²) in [5.74, 6) is -0.703. The van der Waals surface area contributed by atoms with Crippen LogP contribution in [0.15, 0.2) is 48.5 Å². The number of benzene rings is 2. The fraction of sp³-hybridized carbons (Fsp3) is 0.227. The number of hydrogen-bond donors (Lipinski definition) is 2. The highest BCUT2D eigenvalue weighted by Crippen LogP contribution is 2.22. The van der Waals surface area contributed by atoms with Crippen molar-refractivity contribution in [2.45, 2.75) is 26.4 Å². The van der Waals surface area contributed by atoms with E-state index in [1.165, 1.54) is 12.1 Å². The molecular weight excluding hydrogens is 371 g/mol. The van der Waals surface area contributed by atoms with Crippen LogP contribution >= 0.6 is 0 Å². The molecule has 2 aromatic carbocycles. The number of aryl methyl sites for hydroxylation is 1. The van der Waals surface area contributed by atoms with Gasteiger partial charge in [-0.3, -0.25) is 14.7 Å². The first kappa shape index (κ1) is 18.9. The van der Waals surface area contributed by atoms with Crippen molar-refractivity contribution < 1.29 is 14.0 Å². The van der Waals surface area contributed by atoms with E-state index >= 15 is 0 Å². The van der Waals surface area contributed by atoms with Gasteiger partial charge in [-0.25, -0.2) is 4.39 Å². The first-order valence-electron chi connectivity index (χ1n) is 9.46. The Kier molecular flexibility index (Phi) is 5.12. The molecule has 0 atom stereocenters. The Bertz CT molecular complexity index is 1040. The lowest BCUT2D eigenvalue weighted by molar-refractivity contribution is 0.0731. The summed E-state index contributed by atoms with van der Waals surface area (Å²) >= 11 is 0. The van der Waals surface area contributed by atoms with E-state index in [2.05, 4.69) is 15.5 Å². The summed E-state index contributed by atoms with van der Waals surface area (Å²) in [5, 5.41) is 9.89. The normalized spacial score (nSPS) is 13.1. The lowest BCUT2D eigenvalue weighted by Gasteiger charge is -2.27. The van der Waals surface area contributed by atoms with Crippen molar-refractivity contribution in [2.75, 3.05) is 6.54 Å². The number of hydrogen-bond acceptors (Lipinski definition) is 3. The van der Waals surface area contributed by atoms with Gasteiger partial charge in [-0.2, -0.15) is 5.10 Å². The Morgan fingerprint density at radius 2 is 1.86 bits per heavy atom. The molecule has 1 aliphatic rings. The van der Waals surface area contributed by atoms with E-state index < -0.39 is 0 Å². The number of halogens is 1. The number of aromatic nitrogens is 2. The zero-order chi connectivity index (χ0) is 20.4. The second-order valence-electron chi connectivity index (χ2n) is 7.18. The fourth-order valence-corrected chi connectivity index (χ4v) is 3.40. The monoisotopic (exact) mass is 392 g/mol. The molecule has 7 heteroatoms. The van der Waals surface area contributed by atoms with Gasteiger partial charge >= 0.3 is 0 Å². The summed E-state index contributed by atoms with van der Waals surface area (Å²) in [6, 6.07) is 13.4. The molecule has 0 aliphatic carbocycles. The summed E-state index contributed by atoms with van der Waals surface area (Å²) in [5.41, 5.74) is 4.43. The Balaban J connectivity index is 1.46. The van der Waals surface area contributed by atoms with Crippen molar-refractivity contribution in [1.29, 1.82) is 0 Å². The van der Waals surface area contributed by atoms with E-state index in [1.54, 1.807) is 17.0 Å². The number of H-pyrrole nitrogens is 1. The quantitative estimate of drug-likeness (QED) is 0.717. The lowest BCUT2D eigenvalue weighted by atomic mass is 10.0. The molecule has 0 fully saturated rings. The molecule has 6 nitrogen and oxygen atoms in total. The van der Waals surface area contributed by atoms with Gasteiger partial charge in [0.1, 0.15) is 5.82 Å². The van der Waals surface area contributed by atoms with Crippen LogP contribution in [-0.2, 0) is 19.5 Å². The zero-order valence-corrected chi connectivity index (χ0v) is 16.0. The molecule has 0 spiro atoms. The van der Waals surface area contributed by atoms with Gasteiger partial charge in [0.25, 0.3) is 11.8 Å². The van der Waals surface area contributed by atoms with Gasteiger partial charge in [-0.1, -0.05) is 29.8 Å². The number of aromatic amines is 1. The average molecular weight is 392 g/mol. The van der Waals surface area contributed by atoms with Crippen molar-refractivity contribution in [3.05, 3.63) is 88.0 Å². The predicted octanol–water partition coefficient (Wildman–Crippen LogP) is 2.99. The van der Waals surface area contributed by atoms with Crippen molar-refractivity contribution in [3.8, 4) is 0 Å². The minimum absolute atomic E-state index is 0.0606. The minimum Gasteiger partial charge on any atom is -0.347 e. The maximum atomic E-state index is 13.0. The van der Waals surface area contributed by atoms with Gasteiger partial charge in [-0.05, 0) is 36.8 Å². The minimum atomic E-state index is -0.323. The highest BCUT2D eigenvalue weighted by Gasteiger charge is 2.28. The molecule has 0 radical (unpaired) electrons. The molecule has 1 aliphatic heterocycles. The van der Waals surface area contributed by atoms with Crippen LogP contribution < -0.4 is 5.32 Å². The topological polar surface area (TPSA) is 78.1 Å². The van der Waals surface area contributed by atoms with E-state index in [0.717, 1.165) is 22.4 Å². The zero-order valence-electron chi connectivity index (χ0n) is 16.0. The predicted molar refractivity (Wildman–Crippen MR) is 106 cm³/mol. The molecule has 0 saturated carbocycles. The Labute approximate surface area is 167 Å². The third-order valence-electron chi connectivity index (χ3n) is 5.10. The Hall–Kier alpha value is -3.48. The average Bonchev–Trinajstić information content (AvgIpc) is 3.16. The standard InChI is InChI=1S/C22H21FN4O2/c1-14-2-6-16(7-3-14)22(29)27-11-10-19-18(13-27)20(26-25-19)21(28)24-12-15-4-8-17(23)9-5-15/h2-9H,10-13H2,1H3,(H,24,28)(H,25,26). The van der Waals surface area contributed by atoms with Gasteiger partial charge < -0.3 is 10.2 Å². The first-order chi connectivity index (χ1) is 14.0. The summed E-state index contributed by atoms with van der Waals surface area (Å²) in [6.07, 6.45) is 0.616. The summed E-state index contributed by atoms with van der Waals surface area (Å²) in [6.45, 7) is 3.15. The molecule has 0 unspecified atom stereocenters. The van der Waals surface area contributed by atoms with Crippen molar-refractivity contribution >= 4 is 11.8 Å². The molecule has 29 heavy (non-hydrogen) atoms. The molecular formula is C22H21FN4O2. The number of carbonyl (C=O) groups is 2. The van der Waals surface area contributed by atoms with Crippen LogP contribution in [0.3, 0.4) is 0 Å². The molecule has 148 valence electrons. The van der Waals surface area contributed by atoms with Crippen molar-refractivity contribution in [1.82, 2.24) is 20.4 Å². The smallest absolute Gasteiger partial charge is 0.272 e. The van der Waals surface area contributed by atoms with Crippen LogP contribution in [-0.4, -0.2) is 33.5 Å². The highest BCUT2D eigenvalue weighted by molar-refractivity contribution is 5.96. The van der Waals surface area contributed by atoms with Gasteiger partial charge in [0.15, 0.2) is 5.69 Å². The Morgan fingerprint density at radius 1 is 1.14 bits per heavy atom. The van der Waals surface area contributed by atoms with E-state index in [9.17, 15) is 14.0 Å². The molecule has 0 saturated heterocycles. The van der Waals surface area contributed by atoms with E-state index in [1.807, 2.05) is 31.2 Å². The van der Waals surface area contributed by atoms with Crippen LogP contribution in [0.1, 0.15) is 43.2 Å². The molecule has 2 N–H and O–H groups in total. The van der Waals surface area contributed by atoms with E-state index in [0.29, 0.717) is 30.8 Å². The van der Waals surface area contributed by atoms with E-state index in [-0.39, 0.29) is 24.2 Å². The summed E-state index contributed by atoms with van der Waals surface area (Å²) in [4.78, 5) is 27.2. The van der Waals surface area contributed by atoms with Crippen molar-refractivity contribution in [2.24, 2.45) is 0 Å². The first-order valence-corrected chi connectivity index (χ1v) is 9.46. The van der Waals surface area contributed by atoms with Crippen LogP contribution in [0.4, 0.5) is 4.39 Å². The molecule has 4 rings (SSSR count). The van der Waals surface area contributed by atoms with Gasteiger partial charge in [0, 0.05) is 36.3 Å². The molecule has 0 bridgehead atoms. The summed E-state index contributed by atoms with van der Waals surface area (Å²) in [7, 11) is 0. The molecule has 2 amide bonds. The number of fused-ring (bicyclic) bond motifs is 1. The number of rotatable bonds is 4. The second kappa shape index (κ2) is 7.87. The number of carbonyl (C=O) groups excluding carboxylic acids is 2. The van der Waals surface area contributed by atoms with E-state index in [4.69, 9.17) is 0 Å². The second-order valence-corrected chi connectivity index (χ2v) is 7.18. The number of amides is 2. The third kappa shape index (κ3) is 4.03. The van der Waals surface area contributed by atoms with Crippen molar-refractivity contribution in [3.63, 3.8) is 0 Å². The number of nitrogens with one attached hydrogen (secondary N) is 2. The highest BCUT2D eigenvalue weighted by atomic mass is 19.1. The SMILES string of the molecule is Cc1ccc(C(=O)N2CCc3[nH]nc(C(=O)NCc4ccc(F)cc4)c3C2)cc1. The lowest BCUT2D eigenvalue weighted by Crippen LogP contribution is -2.36. The van der Waals surface area contributed by atoms with Crippen LogP contribution in [0, 0.1) is 12.7 Å². The molecule has 3 aromatic rings.